The van der Waals surface area contributed by atoms with Gasteiger partial charge in [-0.1, -0.05) is 29.8 Å². The molecule has 1 heterocycles. The SMILES string of the molecule is CC(c1nc2ccccc2n1C(F)F)N(C)CCOc1cccc(Cl)c1. The van der Waals surface area contributed by atoms with Crippen LogP contribution in [0.15, 0.2) is 48.5 Å². The highest BCUT2D eigenvalue weighted by Gasteiger charge is 2.24. The average molecular weight is 380 g/mol. The number of fused-ring (bicyclic) bond motifs is 1. The first-order chi connectivity index (χ1) is 12.5. The van der Waals surface area contributed by atoms with Crippen molar-refractivity contribution in [3.8, 4) is 5.75 Å². The summed E-state index contributed by atoms with van der Waals surface area (Å²) in [4.78, 5) is 6.35. The van der Waals surface area contributed by atoms with E-state index in [0.717, 1.165) is 4.57 Å². The molecule has 1 atom stereocenters. The minimum atomic E-state index is -2.64. The largest absolute Gasteiger partial charge is 0.492 e. The van der Waals surface area contributed by atoms with Crippen molar-refractivity contribution >= 4 is 22.6 Å². The van der Waals surface area contributed by atoms with Crippen LogP contribution in [0.4, 0.5) is 8.78 Å². The Hall–Kier alpha value is -2.18. The van der Waals surface area contributed by atoms with Gasteiger partial charge in [-0.05, 0) is 44.3 Å². The summed E-state index contributed by atoms with van der Waals surface area (Å²) < 4.78 is 33.9. The van der Waals surface area contributed by atoms with Crippen molar-refractivity contribution < 1.29 is 13.5 Å². The number of para-hydroxylation sites is 2. The Kier molecular flexibility index (Phi) is 5.74. The molecule has 26 heavy (non-hydrogen) atoms. The highest BCUT2D eigenvalue weighted by atomic mass is 35.5. The number of ether oxygens (including phenoxy) is 1. The molecule has 3 aromatic rings. The van der Waals surface area contributed by atoms with Crippen LogP contribution in [-0.4, -0.2) is 34.7 Å². The molecule has 0 aliphatic heterocycles. The summed E-state index contributed by atoms with van der Waals surface area (Å²) in [6, 6.07) is 13.8. The second kappa shape index (κ2) is 8.01. The third-order valence-electron chi connectivity index (χ3n) is 4.36. The predicted octanol–water partition coefficient (Wildman–Crippen LogP) is 5.16. The molecule has 138 valence electrons. The first-order valence-corrected chi connectivity index (χ1v) is 8.69. The van der Waals surface area contributed by atoms with Gasteiger partial charge in [0.2, 0.25) is 0 Å². The number of hydrogen-bond acceptors (Lipinski definition) is 3. The van der Waals surface area contributed by atoms with Crippen LogP contribution in [0.25, 0.3) is 11.0 Å². The molecule has 0 saturated carbocycles. The van der Waals surface area contributed by atoms with Crippen molar-refractivity contribution in [1.82, 2.24) is 14.5 Å². The second-order valence-electron chi connectivity index (χ2n) is 6.07. The van der Waals surface area contributed by atoms with Gasteiger partial charge in [0.1, 0.15) is 18.2 Å². The monoisotopic (exact) mass is 379 g/mol. The number of rotatable bonds is 7. The van der Waals surface area contributed by atoms with Crippen molar-refractivity contribution in [2.24, 2.45) is 0 Å². The molecule has 2 aromatic carbocycles. The van der Waals surface area contributed by atoms with Gasteiger partial charge >= 0.3 is 6.55 Å². The van der Waals surface area contributed by atoms with E-state index in [9.17, 15) is 8.78 Å². The third kappa shape index (κ3) is 3.97. The molecule has 0 aliphatic carbocycles. The predicted molar refractivity (Wildman–Crippen MR) is 99.0 cm³/mol. The van der Waals surface area contributed by atoms with E-state index in [-0.39, 0.29) is 6.04 Å². The molecule has 0 bridgehead atoms. The minimum absolute atomic E-state index is 0.292. The van der Waals surface area contributed by atoms with Crippen molar-refractivity contribution in [3.63, 3.8) is 0 Å². The fraction of sp³-hybridized carbons (Fsp3) is 0.316. The minimum Gasteiger partial charge on any atom is -0.492 e. The van der Waals surface area contributed by atoms with Crippen molar-refractivity contribution in [2.75, 3.05) is 20.2 Å². The molecular formula is C19H20ClF2N3O. The highest BCUT2D eigenvalue weighted by molar-refractivity contribution is 6.30. The molecule has 0 spiro atoms. The summed E-state index contributed by atoms with van der Waals surface area (Å²) in [5.74, 6) is 1.02. The number of halogens is 3. The summed E-state index contributed by atoms with van der Waals surface area (Å²) in [5.41, 5.74) is 1.01. The molecule has 0 N–H and O–H groups in total. The number of alkyl halides is 2. The van der Waals surface area contributed by atoms with Crippen LogP contribution in [0, 0.1) is 0 Å². The van der Waals surface area contributed by atoms with E-state index in [2.05, 4.69) is 4.98 Å². The molecular weight excluding hydrogens is 360 g/mol. The standard InChI is InChI=1S/C19H20ClF2N3O/c1-13(24(2)10-11-26-15-7-5-6-14(20)12-15)18-23-16-8-3-4-9-17(16)25(18)19(21)22/h3-9,12-13,19H,10-11H2,1-2H3. The number of nitrogens with zero attached hydrogens (tertiary/aromatic N) is 3. The highest BCUT2D eigenvalue weighted by Crippen LogP contribution is 2.28. The van der Waals surface area contributed by atoms with Crippen molar-refractivity contribution in [3.05, 3.63) is 59.4 Å². The molecule has 0 fully saturated rings. The molecule has 7 heteroatoms. The van der Waals surface area contributed by atoms with E-state index in [1.165, 1.54) is 0 Å². The number of likely N-dealkylation sites (N-methyl/N-ethyl adjacent to an activating group) is 1. The Morgan fingerprint density at radius 1 is 1.19 bits per heavy atom. The zero-order valence-corrected chi connectivity index (χ0v) is 15.3. The van der Waals surface area contributed by atoms with Gasteiger partial charge in [-0.3, -0.25) is 9.47 Å². The first-order valence-electron chi connectivity index (χ1n) is 8.31. The maximum absolute atomic E-state index is 13.6. The van der Waals surface area contributed by atoms with E-state index in [1.54, 1.807) is 36.4 Å². The lowest BCUT2D eigenvalue weighted by Gasteiger charge is -2.25. The maximum atomic E-state index is 13.6. The number of benzene rings is 2. The second-order valence-corrected chi connectivity index (χ2v) is 6.51. The van der Waals surface area contributed by atoms with Crippen molar-refractivity contribution in [1.29, 1.82) is 0 Å². The molecule has 3 rings (SSSR count). The van der Waals surface area contributed by atoms with E-state index in [1.807, 2.05) is 31.0 Å². The van der Waals surface area contributed by atoms with Gasteiger partial charge in [0.05, 0.1) is 17.1 Å². The van der Waals surface area contributed by atoms with E-state index in [4.69, 9.17) is 16.3 Å². The summed E-state index contributed by atoms with van der Waals surface area (Å²) in [6.45, 7) is 0.186. The summed E-state index contributed by atoms with van der Waals surface area (Å²) >= 11 is 5.93. The molecule has 0 amide bonds. The van der Waals surface area contributed by atoms with Gasteiger partial charge in [-0.15, -0.1) is 0 Å². The van der Waals surface area contributed by atoms with Gasteiger partial charge < -0.3 is 4.74 Å². The Bertz CT molecular complexity index is 884. The molecule has 0 saturated heterocycles. The number of aromatic nitrogens is 2. The zero-order valence-electron chi connectivity index (χ0n) is 14.6. The molecule has 4 nitrogen and oxygen atoms in total. The van der Waals surface area contributed by atoms with Gasteiger partial charge in [0.15, 0.2) is 0 Å². The van der Waals surface area contributed by atoms with Gasteiger partial charge in [-0.2, -0.15) is 8.78 Å². The topological polar surface area (TPSA) is 30.3 Å². The van der Waals surface area contributed by atoms with Crippen LogP contribution in [0.1, 0.15) is 25.3 Å². The molecule has 0 radical (unpaired) electrons. The number of hydrogen-bond donors (Lipinski definition) is 0. The Balaban J connectivity index is 1.71. The van der Waals surface area contributed by atoms with E-state index < -0.39 is 6.55 Å². The van der Waals surface area contributed by atoms with Crippen LogP contribution in [-0.2, 0) is 0 Å². The summed E-state index contributed by atoms with van der Waals surface area (Å²) in [7, 11) is 1.86. The summed E-state index contributed by atoms with van der Waals surface area (Å²) in [6.07, 6.45) is 0. The van der Waals surface area contributed by atoms with Crippen LogP contribution in [0.5, 0.6) is 5.75 Å². The van der Waals surface area contributed by atoms with Gasteiger partial charge in [-0.25, -0.2) is 4.98 Å². The third-order valence-corrected chi connectivity index (χ3v) is 4.60. The smallest absolute Gasteiger partial charge is 0.320 e. The molecule has 1 unspecified atom stereocenters. The zero-order chi connectivity index (χ0) is 18.7. The fourth-order valence-electron chi connectivity index (χ4n) is 2.82. The van der Waals surface area contributed by atoms with Crippen LogP contribution in [0.2, 0.25) is 5.02 Å². The van der Waals surface area contributed by atoms with E-state index in [0.29, 0.717) is 40.8 Å². The lowest BCUT2D eigenvalue weighted by Crippen LogP contribution is -2.29. The van der Waals surface area contributed by atoms with Crippen molar-refractivity contribution in [2.45, 2.75) is 19.5 Å². The lowest BCUT2D eigenvalue weighted by molar-refractivity contribution is 0.0654. The Morgan fingerprint density at radius 2 is 1.96 bits per heavy atom. The average Bonchev–Trinajstić information content (AvgIpc) is 3.00. The van der Waals surface area contributed by atoms with Crippen LogP contribution >= 0.6 is 11.6 Å². The number of imidazole rings is 1. The Labute approximate surface area is 156 Å². The Morgan fingerprint density at radius 3 is 2.69 bits per heavy atom. The summed E-state index contributed by atoms with van der Waals surface area (Å²) in [5, 5.41) is 0.606. The lowest BCUT2D eigenvalue weighted by atomic mass is 10.3. The van der Waals surface area contributed by atoms with E-state index >= 15 is 0 Å². The maximum Gasteiger partial charge on any atom is 0.320 e. The quantitative estimate of drug-likeness (QED) is 0.568. The van der Waals surface area contributed by atoms with Gasteiger partial charge in [0, 0.05) is 11.6 Å². The fourth-order valence-corrected chi connectivity index (χ4v) is 3.00. The molecule has 1 aromatic heterocycles. The van der Waals surface area contributed by atoms with Crippen LogP contribution in [0.3, 0.4) is 0 Å². The van der Waals surface area contributed by atoms with Crippen LogP contribution < -0.4 is 4.74 Å². The van der Waals surface area contributed by atoms with Gasteiger partial charge in [0.25, 0.3) is 0 Å². The molecule has 0 aliphatic rings. The first kappa shape index (κ1) is 18.6. The normalized spacial score (nSPS) is 12.9.